The van der Waals surface area contributed by atoms with Gasteiger partial charge in [0.25, 0.3) is 0 Å². The molecule has 120 valence electrons. The van der Waals surface area contributed by atoms with E-state index in [9.17, 15) is 0 Å². The molecule has 0 amide bonds. The lowest BCUT2D eigenvalue weighted by Gasteiger charge is -2.15. The summed E-state index contributed by atoms with van der Waals surface area (Å²) in [5.41, 5.74) is 0. The lowest BCUT2D eigenvalue weighted by Crippen LogP contribution is -2.25. The van der Waals surface area contributed by atoms with Crippen LogP contribution in [0.1, 0.15) is 33.0 Å². The second-order valence-electron chi connectivity index (χ2n) is 4.94. The quantitative estimate of drug-likeness (QED) is 0.652. The summed E-state index contributed by atoms with van der Waals surface area (Å²) >= 11 is 0. The van der Waals surface area contributed by atoms with Gasteiger partial charge in [0.1, 0.15) is 18.2 Å². The maximum atomic E-state index is 5.41. The average molecular weight is 295 g/mol. The third kappa shape index (κ3) is 7.24. The molecule has 0 fully saturated rings. The van der Waals surface area contributed by atoms with Crippen molar-refractivity contribution >= 4 is 11.6 Å². The number of likely N-dealkylation sites (N-methyl/N-ethyl adjacent to an activating group) is 1. The standard InChI is InChI=1S/C15H29N5O/c1-5-8-16-13-11-14(17-9-10-20(4)6-2)19-15(18-13)12-21-7-3/h11H,5-10,12H2,1-4H3,(H2,16,17,18,19). The molecule has 0 unspecified atom stereocenters. The molecule has 21 heavy (non-hydrogen) atoms. The molecule has 0 aliphatic carbocycles. The van der Waals surface area contributed by atoms with Gasteiger partial charge in [0.15, 0.2) is 5.82 Å². The summed E-state index contributed by atoms with van der Waals surface area (Å²) in [6, 6.07) is 1.96. The Balaban J connectivity index is 2.65. The van der Waals surface area contributed by atoms with Crippen molar-refractivity contribution in [3.8, 4) is 0 Å². The van der Waals surface area contributed by atoms with Gasteiger partial charge < -0.3 is 20.3 Å². The first-order valence-electron chi connectivity index (χ1n) is 7.81. The lowest BCUT2D eigenvalue weighted by molar-refractivity contribution is 0.128. The van der Waals surface area contributed by atoms with Gasteiger partial charge >= 0.3 is 0 Å². The molecule has 6 nitrogen and oxygen atoms in total. The van der Waals surface area contributed by atoms with Gasteiger partial charge in [0, 0.05) is 32.3 Å². The van der Waals surface area contributed by atoms with Gasteiger partial charge in [0.2, 0.25) is 0 Å². The number of hydrogen-bond donors (Lipinski definition) is 2. The fourth-order valence-electron chi connectivity index (χ4n) is 1.72. The van der Waals surface area contributed by atoms with Crippen LogP contribution in [0.5, 0.6) is 0 Å². The summed E-state index contributed by atoms with van der Waals surface area (Å²) in [6.45, 7) is 11.2. The van der Waals surface area contributed by atoms with Crippen molar-refractivity contribution in [1.29, 1.82) is 0 Å². The highest BCUT2D eigenvalue weighted by Gasteiger charge is 2.05. The molecule has 1 rings (SSSR count). The molecule has 0 bridgehead atoms. The van der Waals surface area contributed by atoms with Crippen LogP contribution in [-0.2, 0) is 11.3 Å². The van der Waals surface area contributed by atoms with E-state index in [2.05, 4.69) is 46.4 Å². The van der Waals surface area contributed by atoms with Crippen LogP contribution < -0.4 is 10.6 Å². The number of anilines is 2. The summed E-state index contributed by atoms with van der Waals surface area (Å²) in [4.78, 5) is 11.2. The smallest absolute Gasteiger partial charge is 0.158 e. The number of hydrogen-bond acceptors (Lipinski definition) is 6. The van der Waals surface area contributed by atoms with Crippen LogP contribution in [0, 0.1) is 0 Å². The SMILES string of the molecule is CCCNc1cc(NCCN(C)CC)nc(COCC)n1. The van der Waals surface area contributed by atoms with Crippen molar-refractivity contribution in [1.82, 2.24) is 14.9 Å². The van der Waals surface area contributed by atoms with Gasteiger partial charge in [-0.2, -0.15) is 0 Å². The van der Waals surface area contributed by atoms with Crippen molar-refractivity contribution in [3.05, 3.63) is 11.9 Å². The van der Waals surface area contributed by atoms with Gasteiger partial charge in [-0.15, -0.1) is 0 Å². The molecule has 0 saturated carbocycles. The molecule has 6 heteroatoms. The Morgan fingerprint density at radius 2 is 1.76 bits per heavy atom. The highest BCUT2D eigenvalue weighted by molar-refractivity contribution is 5.47. The van der Waals surface area contributed by atoms with E-state index in [1.807, 2.05) is 13.0 Å². The maximum Gasteiger partial charge on any atom is 0.158 e. The summed E-state index contributed by atoms with van der Waals surface area (Å²) in [5.74, 6) is 2.42. The van der Waals surface area contributed by atoms with Crippen molar-refractivity contribution < 1.29 is 4.74 Å². The van der Waals surface area contributed by atoms with Gasteiger partial charge in [-0.3, -0.25) is 0 Å². The van der Waals surface area contributed by atoms with Crippen LogP contribution in [0.25, 0.3) is 0 Å². The number of nitrogens with one attached hydrogen (secondary N) is 2. The van der Waals surface area contributed by atoms with Crippen LogP contribution in [0.3, 0.4) is 0 Å². The summed E-state index contributed by atoms with van der Waals surface area (Å²) in [7, 11) is 2.11. The summed E-state index contributed by atoms with van der Waals surface area (Å²) < 4.78 is 5.41. The van der Waals surface area contributed by atoms with E-state index in [-0.39, 0.29) is 0 Å². The summed E-state index contributed by atoms with van der Waals surface area (Å²) in [6.07, 6.45) is 1.06. The number of rotatable bonds is 11. The van der Waals surface area contributed by atoms with E-state index in [4.69, 9.17) is 4.74 Å². The van der Waals surface area contributed by atoms with E-state index in [0.717, 1.165) is 44.2 Å². The zero-order valence-corrected chi connectivity index (χ0v) is 13.8. The molecule has 0 saturated heterocycles. The van der Waals surface area contributed by atoms with Crippen LogP contribution in [0.15, 0.2) is 6.07 Å². The van der Waals surface area contributed by atoms with E-state index in [1.54, 1.807) is 0 Å². The van der Waals surface area contributed by atoms with E-state index >= 15 is 0 Å². The van der Waals surface area contributed by atoms with Crippen LogP contribution in [0.2, 0.25) is 0 Å². The normalized spacial score (nSPS) is 10.9. The van der Waals surface area contributed by atoms with E-state index in [0.29, 0.717) is 19.0 Å². The molecular formula is C15H29N5O. The Labute approximate surface area is 128 Å². The fraction of sp³-hybridized carbons (Fsp3) is 0.733. The van der Waals surface area contributed by atoms with Gasteiger partial charge in [0.05, 0.1) is 0 Å². The predicted molar refractivity (Wildman–Crippen MR) is 87.8 cm³/mol. The van der Waals surface area contributed by atoms with Crippen LogP contribution in [-0.4, -0.2) is 54.7 Å². The molecule has 0 atom stereocenters. The lowest BCUT2D eigenvalue weighted by atomic mass is 10.4. The maximum absolute atomic E-state index is 5.41. The number of nitrogens with zero attached hydrogens (tertiary/aromatic N) is 3. The molecule has 0 aromatic carbocycles. The third-order valence-electron chi connectivity index (χ3n) is 3.10. The first kappa shape index (κ1) is 17.7. The van der Waals surface area contributed by atoms with E-state index < -0.39 is 0 Å². The highest BCUT2D eigenvalue weighted by Crippen LogP contribution is 2.12. The Morgan fingerprint density at radius 1 is 1.10 bits per heavy atom. The number of aromatic nitrogens is 2. The molecule has 2 N–H and O–H groups in total. The molecule has 0 aliphatic rings. The Bertz CT molecular complexity index is 373. The topological polar surface area (TPSA) is 62.3 Å². The van der Waals surface area contributed by atoms with Crippen molar-refractivity contribution in [2.45, 2.75) is 33.8 Å². The minimum Gasteiger partial charge on any atom is -0.374 e. The van der Waals surface area contributed by atoms with E-state index in [1.165, 1.54) is 0 Å². The Morgan fingerprint density at radius 3 is 2.33 bits per heavy atom. The van der Waals surface area contributed by atoms with Gasteiger partial charge in [-0.25, -0.2) is 9.97 Å². The Kier molecular flexibility index (Phi) is 8.69. The second-order valence-corrected chi connectivity index (χ2v) is 4.94. The molecule has 1 aromatic rings. The molecular weight excluding hydrogens is 266 g/mol. The van der Waals surface area contributed by atoms with Crippen LogP contribution in [0.4, 0.5) is 11.6 Å². The van der Waals surface area contributed by atoms with Gasteiger partial charge in [-0.05, 0) is 26.9 Å². The summed E-state index contributed by atoms with van der Waals surface area (Å²) in [5, 5.41) is 6.66. The Hall–Kier alpha value is -1.40. The zero-order valence-electron chi connectivity index (χ0n) is 13.8. The monoisotopic (exact) mass is 295 g/mol. The van der Waals surface area contributed by atoms with Gasteiger partial charge in [-0.1, -0.05) is 13.8 Å². The molecule has 1 heterocycles. The minimum atomic E-state index is 0.446. The molecule has 0 aliphatic heterocycles. The van der Waals surface area contributed by atoms with Crippen molar-refractivity contribution in [2.75, 3.05) is 50.5 Å². The second kappa shape index (κ2) is 10.3. The fourth-order valence-corrected chi connectivity index (χ4v) is 1.72. The first-order valence-corrected chi connectivity index (χ1v) is 7.81. The number of ether oxygens (including phenoxy) is 1. The average Bonchev–Trinajstić information content (AvgIpc) is 2.50. The highest BCUT2D eigenvalue weighted by atomic mass is 16.5. The molecule has 0 radical (unpaired) electrons. The van der Waals surface area contributed by atoms with Crippen molar-refractivity contribution in [2.24, 2.45) is 0 Å². The minimum absolute atomic E-state index is 0.446. The predicted octanol–water partition coefficient (Wildman–Crippen LogP) is 2.20. The van der Waals surface area contributed by atoms with Crippen molar-refractivity contribution in [3.63, 3.8) is 0 Å². The molecule has 0 spiro atoms. The van der Waals surface area contributed by atoms with Crippen LogP contribution >= 0.6 is 0 Å². The third-order valence-corrected chi connectivity index (χ3v) is 3.10. The zero-order chi connectivity index (χ0) is 15.5. The largest absolute Gasteiger partial charge is 0.374 e. The molecule has 1 aromatic heterocycles. The first-order chi connectivity index (χ1) is 10.2.